The first-order chi connectivity index (χ1) is 11.3. The van der Waals surface area contributed by atoms with Gasteiger partial charge in [-0.3, -0.25) is 0 Å². The van der Waals surface area contributed by atoms with Gasteiger partial charge in [0.05, 0.1) is 46.2 Å². The van der Waals surface area contributed by atoms with Gasteiger partial charge >= 0.3 is 0 Å². The van der Waals surface area contributed by atoms with Crippen LogP contribution in [0, 0.1) is 0 Å². The van der Waals surface area contributed by atoms with Crippen molar-refractivity contribution >= 4 is 0 Å². The molecule has 1 saturated heterocycles. The standard InChI is InChI=1S/C16H30O7/c1-2-7-19-12-15(23-16-5-3-4-8-22-16)13-21-11-14(18)10-20-9-6-17/h2,14-18H,1,3-13H2. The monoisotopic (exact) mass is 334 g/mol. The van der Waals surface area contributed by atoms with Crippen molar-refractivity contribution in [3.05, 3.63) is 12.7 Å². The molecule has 23 heavy (non-hydrogen) atoms. The highest BCUT2D eigenvalue weighted by atomic mass is 16.7. The second-order valence-electron chi connectivity index (χ2n) is 5.37. The Labute approximate surface area is 138 Å². The number of aliphatic hydroxyl groups excluding tert-OH is 2. The molecule has 7 heteroatoms. The first-order valence-corrected chi connectivity index (χ1v) is 8.16. The van der Waals surface area contributed by atoms with Crippen LogP contribution in [-0.2, 0) is 23.7 Å². The normalized spacial score (nSPS) is 21.0. The zero-order valence-electron chi connectivity index (χ0n) is 13.7. The van der Waals surface area contributed by atoms with Crippen molar-refractivity contribution in [3.63, 3.8) is 0 Å². The molecule has 0 aliphatic carbocycles. The van der Waals surface area contributed by atoms with Crippen LogP contribution in [0.2, 0.25) is 0 Å². The number of hydrogen-bond acceptors (Lipinski definition) is 7. The number of rotatable bonds is 14. The average molecular weight is 334 g/mol. The molecule has 3 unspecified atom stereocenters. The molecule has 7 nitrogen and oxygen atoms in total. The van der Waals surface area contributed by atoms with Crippen LogP contribution in [0.5, 0.6) is 0 Å². The van der Waals surface area contributed by atoms with Crippen LogP contribution in [0.3, 0.4) is 0 Å². The van der Waals surface area contributed by atoms with Gasteiger partial charge in [0.25, 0.3) is 0 Å². The van der Waals surface area contributed by atoms with E-state index in [0.717, 1.165) is 19.3 Å². The van der Waals surface area contributed by atoms with E-state index < -0.39 is 6.10 Å². The molecule has 0 amide bonds. The molecule has 0 spiro atoms. The summed E-state index contributed by atoms with van der Waals surface area (Å²) in [5.74, 6) is 0. The number of hydrogen-bond donors (Lipinski definition) is 2. The van der Waals surface area contributed by atoms with Crippen molar-refractivity contribution in [1.82, 2.24) is 0 Å². The Morgan fingerprint density at radius 2 is 1.91 bits per heavy atom. The van der Waals surface area contributed by atoms with E-state index in [2.05, 4.69) is 6.58 Å². The molecule has 1 heterocycles. The molecule has 1 aliphatic rings. The number of aliphatic hydroxyl groups is 2. The molecule has 3 atom stereocenters. The summed E-state index contributed by atoms with van der Waals surface area (Å²) in [5.41, 5.74) is 0. The van der Waals surface area contributed by atoms with Crippen molar-refractivity contribution in [3.8, 4) is 0 Å². The summed E-state index contributed by atoms with van der Waals surface area (Å²) < 4.78 is 27.4. The minimum absolute atomic E-state index is 0.0640. The summed E-state index contributed by atoms with van der Waals surface area (Å²) in [6.45, 7) is 5.86. The van der Waals surface area contributed by atoms with E-state index in [0.29, 0.717) is 26.4 Å². The molecular formula is C16H30O7. The average Bonchev–Trinajstić information content (AvgIpc) is 2.56. The third-order valence-corrected chi connectivity index (χ3v) is 3.18. The molecule has 2 N–H and O–H groups in total. The van der Waals surface area contributed by atoms with Crippen molar-refractivity contribution in [2.24, 2.45) is 0 Å². The maximum absolute atomic E-state index is 9.68. The Morgan fingerprint density at radius 1 is 1.13 bits per heavy atom. The van der Waals surface area contributed by atoms with Gasteiger partial charge in [-0.1, -0.05) is 6.08 Å². The molecule has 1 fully saturated rings. The van der Waals surface area contributed by atoms with E-state index in [1.807, 2.05) is 0 Å². The summed E-state index contributed by atoms with van der Waals surface area (Å²) in [6, 6.07) is 0. The predicted molar refractivity (Wildman–Crippen MR) is 84.2 cm³/mol. The number of ether oxygens (including phenoxy) is 5. The molecule has 1 aliphatic heterocycles. The Balaban J connectivity index is 2.23. The first-order valence-electron chi connectivity index (χ1n) is 8.16. The van der Waals surface area contributed by atoms with Crippen LogP contribution >= 0.6 is 0 Å². The van der Waals surface area contributed by atoms with E-state index in [1.165, 1.54) is 0 Å². The quantitative estimate of drug-likeness (QED) is 0.353. The molecule has 136 valence electrons. The Hall–Kier alpha value is -0.540. The molecule has 0 saturated carbocycles. The van der Waals surface area contributed by atoms with Gasteiger partial charge in [-0.2, -0.15) is 0 Å². The third kappa shape index (κ3) is 10.8. The lowest BCUT2D eigenvalue weighted by Crippen LogP contribution is -2.35. The molecule has 0 bridgehead atoms. The van der Waals surface area contributed by atoms with Crippen LogP contribution in [0.1, 0.15) is 19.3 Å². The van der Waals surface area contributed by atoms with Gasteiger partial charge in [-0.15, -0.1) is 6.58 Å². The summed E-state index contributed by atoms with van der Waals surface area (Å²) in [5, 5.41) is 18.3. The van der Waals surface area contributed by atoms with Crippen LogP contribution in [-0.4, -0.2) is 81.6 Å². The fourth-order valence-electron chi connectivity index (χ4n) is 2.11. The second kappa shape index (κ2) is 13.9. The SMILES string of the molecule is C=CCOCC(COCC(O)COCCO)OC1CCCCO1. The second-order valence-corrected chi connectivity index (χ2v) is 5.37. The highest BCUT2D eigenvalue weighted by Gasteiger charge is 2.20. The largest absolute Gasteiger partial charge is 0.394 e. The Kier molecular flexibility index (Phi) is 12.4. The summed E-state index contributed by atoms with van der Waals surface area (Å²) in [6.07, 6.45) is 3.49. The topological polar surface area (TPSA) is 86.6 Å². The van der Waals surface area contributed by atoms with E-state index in [9.17, 15) is 5.11 Å². The maximum atomic E-state index is 9.68. The molecule has 0 radical (unpaired) electrons. The summed E-state index contributed by atoms with van der Waals surface area (Å²) >= 11 is 0. The van der Waals surface area contributed by atoms with Crippen molar-refractivity contribution in [1.29, 1.82) is 0 Å². The first kappa shape index (κ1) is 20.5. The molecule has 0 aromatic heterocycles. The van der Waals surface area contributed by atoms with E-state index in [-0.39, 0.29) is 38.8 Å². The van der Waals surface area contributed by atoms with Crippen LogP contribution < -0.4 is 0 Å². The van der Waals surface area contributed by atoms with Gasteiger partial charge in [0.15, 0.2) is 6.29 Å². The summed E-state index contributed by atoms with van der Waals surface area (Å²) in [4.78, 5) is 0. The van der Waals surface area contributed by atoms with E-state index >= 15 is 0 Å². The fourth-order valence-corrected chi connectivity index (χ4v) is 2.11. The lowest BCUT2D eigenvalue weighted by Gasteiger charge is -2.27. The molecule has 1 rings (SSSR count). The van der Waals surface area contributed by atoms with Gasteiger partial charge < -0.3 is 33.9 Å². The van der Waals surface area contributed by atoms with Crippen molar-refractivity contribution in [2.45, 2.75) is 37.8 Å². The van der Waals surface area contributed by atoms with Gasteiger partial charge in [0.1, 0.15) is 12.2 Å². The molecular weight excluding hydrogens is 304 g/mol. The maximum Gasteiger partial charge on any atom is 0.158 e. The van der Waals surface area contributed by atoms with Crippen LogP contribution in [0.25, 0.3) is 0 Å². The molecule has 0 aromatic carbocycles. The highest BCUT2D eigenvalue weighted by Crippen LogP contribution is 2.16. The summed E-state index contributed by atoms with van der Waals surface area (Å²) in [7, 11) is 0. The van der Waals surface area contributed by atoms with Gasteiger partial charge in [-0.25, -0.2) is 0 Å². The van der Waals surface area contributed by atoms with Crippen molar-refractivity contribution in [2.75, 3.05) is 52.9 Å². The Morgan fingerprint density at radius 3 is 2.61 bits per heavy atom. The van der Waals surface area contributed by atoms with Crippen molar-refractivity contribution < 1.29 is 33.9 Å². The van der Waals surface area contributed by atoms with E-state index in [4.69, 9.17) is 28.8 Å². The van der Waals surface area contributed by atoms with Gasteiger partial charge in [-0.05, 0) is 19.3 Å². The van der Waals surface area contributed by atoms with E-state index in [1.54, 1.807) is 6.08 Å². The molecule has 0 aromatic rings. The van der Waals surface area contributed by atoms with Crippen LogP contribution in [0.4, 0.5) is 0 Å². The van der Waals surface area contributed by atoms with Gasteiger partial charge in [0, 0.05) is 6.61 Å². The van der Waals surface area contributed by atoms with Crippen LogP contribution in [0.15, 0.2) is 12.7 Å². The Bertz CT molecular complexity index is 282. The smallest absolute Gasteiger partial charge is 0.158 e. The zero-order valence-corrected chi connectivity index (χ0v) is 13.7. The highest BCUT2D eigenvalue weighted by molar-refractivity contribution is 4.66. The minimum atomic E-state index is -0.734. The zero-order chi connectivity index (χ0) is 16.8. The lowest BCUT2D eigenvalue weighted by atomic mass is 10.2. The minimum Gasteiger partial charge on any atom is -0.394 e. The van der Waals surface area contributed by atoms with Gasteiger partial charge in [0.2, 0.25) is 0 Å². The predicted octanol–water partition coefficient (Wildman–Crippen LogP) is 0.487. The fraction of sp³-hybridized carbons (Fsp3) is 0.875. The lowest BCUT2D eigenvalue weighted by molar-refractivity contribution is -0.208. The third-order valence-electron chi connectivity index (χ3n) is 3.18.